The number of hydrogen-bond donors (Lipinski definition) is 2. The zero-order valence-corrected chi connectivity index (χ0v) is 13.5. The summed E-state index contributed by atoms with van der Waals surface area (Å²) < 4.78 is 13.2. The Bertz CT molecular complexity index is 771. The highest BCUT2D eigenvalue weighted by atomic mass is 16.6. The minimum Gasteiger partial charge on any atom is -0.486 e. The summed E-state index contributed by atoms with van der Waals surface area (Å²) in [6, 6.07) is 7.28. The van der Waals surface area contributed by atoms with Crippen molar-refractivity contribution >= 4 is 11.8 Å². The maximum atomic E-state index is 12.2. The minimum absolute atomic E-state index is 0.206. The lowest BCUT2D eigenvalue weighted by Crippen LogP contribution is -2.42. The molecule has 0 spiro atoms. The zero-order valence-electron chi connectivity index (χ0n) is 13.5. The summed E-state index contributed by atoms with van der Waals surface area (Å²) in [6.45, 7) is 0.790. The van der Waals surface area contributed by atoms with Gasteiger partial charge in [0.25, 0.3) is 0 Å². The van der Waals surface area contributed by atoms with Gasteiger partial charge in [0.05, 0.1) is 12.2 Å². The average Bonchev–Trinajstić information content (AvgIpc) is 3.15. The van der Waals surface area contributed by atoms with E-state index >= 15 is 0 Å². The number of carbonyl (C=O) groups is 1. The summed E-state index contributed by atoms with van der Waals surface area (Å²) >= 11 is 0. The number of anilines is 1. The van der Waals surface area contributed by atoms with Crippen LogP contribution in [-0.2, 0) is 19.9 Å². The lowest BCUT2D eigenvalue weighted by molar-refractivity contribution is 0.0922. The molecule has 4 rings (SSSR count). The quantitative estimate of drug-likeness (QED) is 0.902. The van der Waals surface area contributed by atoms with Crippen molar-refractivity contribution in [3.05, 3.63) is 35.5 Å². The van der Waals surface area contributed by atoms with Crippen LogP contribution in [0.4, 0.5) is 10.6 Å². The highest BCUT2D eigenvalue weighted by Crippen LogP contribution is 2.31. The first-order valence-corrected chi connectivity index (χ1v) is 8.19. The third-order valence-electron chi connectivity index (χ3n) is 4.36. The third-order valence-corrected chi connectivity index (χ3v) is 4.36. The topological polar surface area (TPSA) is 77.4 Å². The van der Waals surface area contributed by atoms with E-state index in [9.17, 15) is 4.79 Å². The Morgan fingerprint density at radius 3 is 3.04 bits per heavy atom. The van der Waals surface area contributed by atoms with E-state index in [1.807, 2.05) is 31.3 Å². The zero-order chi connectivity index (χ0) is 16.5. The molecule has 1 aromatic heterocycles. The van der Waals surface area contributed by atoms with Gasteiger partial charge < -0.3 is 14.8 Å². The minimum atomic E-state index is -0.254. The van der Waals surface area contributed by atoms with Crippen molar-refractivity contribution < 1.29 is 14.3 Å². The fourth-order valence-electron chi connectivity index (χ4n) is 3.20. The predicted octanol–water partition coefficient (Wildman–Crippen LogP) is 1.87. The van der Waals surface area contributed by atoms with Gasteiger partial charge in [-0.05, 0) is 31.4 Å². The van der Waals surface area contributed by atoms with Crippen molar-refractivity contribution in [2.45, 2.75) is 25.4 Å². The summed E-state index contributed by atoms with van der Waals surface area (Å²) in [5.74, 6) is 2.23. The molecule has 7 nitrogen and oxygen atoms in total. The number of urea groups is 1. The van der Waals surface area contributed by atoms with Crippen molar-refractivity contribution in [1.82, 2.24) is 15.1 Å². The van der Waals surface area contributed by atoms with Crippen LogP contribution in [0.1, 0.15) is 17.7 Å². The summed E-state index contributed by atoms with van der Waals surface area (Å²) in [6.07, 6.45) is 2.85. The summed E-state index contributed by atoms with van der Waals surface area (Å²) in [5, 5.41) is 10.2. The molecule has 1 aliphatic carbocycles. The lowest BCUT2D eigenvalue weighted by Gasteiger charge is -2.26. The van der Waals surface area contributed by atoms with Gasteiger partial charge in [-0.3, -0.25) is 10.00 Å². The van der Waals surface area contributed by atoms with Gasteiger partial charge in [0, 0.05) is 12.6 Å². The van der Waals surface area contributed by atoms with E-state index < -0.39 is 0 Å². The summed E-state index contributed by atoms with van der Waals surface area (Å²) in [5.41, 5.74) is 2.24. The molecule has 1 unspecified atom stereocenters. The smallest absolute Gasteiger partial charge is 0.320 e. The number of fused-ring (bicyclic) bond motifs is 2. The fourth-order valence-corrected chi connectivity index (χ4v) is 3.20. The molecule has 7 heteroatoms. The Balaban J connectivity index is 1.33. The van der Waals surface area contributed by atoms with Gasteiger partial charge in [-0.25, -0.2) is 4.79 Å². The Hall–Kier alpha value is -2.70. The second-order valence-electron chi connectivity index (χ2n) is 6.08. The molecule has 0 saturated carbocycles. The Kier molecular flexibility index (Phi) is 3.76. The standard InChI is InChI=1S/C17H20N4O3/c1-21-16(12-5-4-6-13(12)20-21)19-17(22)18-9-11-10-23-14-7-2-3-8-15(14)24-11/h2-3,7-8,11H,4-6,9-10H2,1H3,(H2,18,19,22). The molecule has 2 N–H and O–H groups in total. The van der Waals surface area contributed by atoms with Crippen LogP contribution in [0.15, 0.2) is 24.3 Å². The number of carbonyl (C=O) groups excluding carboxylic acids is 1. The molecule has 2 heterocycles. The number of ether oxygens (including phenoxy) is 2. The number of nitrogens with one attached hydrogen (secondary N) is 2. The van der Waals surface area contributed by atoms with Crippen LogP contribution in [0.25, 0.3) is 0 Å². The summed E-state index contributed by atoms with van der Waals surface area (Å²) in [4.78, 5) is 12.2. The van der Waals surface area contributed by atoms with E-state index in [0.29, 0.717) is 18.9 Å². The molecule has 2 aliphatic rings. The fraction of sp³-hybridized carbons (Fsp3) is 0.412. The van der Waals surface area contributed by atoms with Crippen molar-refractivity contribution in [2.24, 2.45) is 7.05 Å². The van der Waals surface area contributed by atoms with Crippen LogP contribution in [0.2, 0.25) is 0 Å². The molecule has 2 aromatic rings. The number of nitrogens with zero attached hydrogens (tertiary/aromatic N) is 2. The van der Waals surface area contributed by atoms with Crippen LogP contribution >= 0.6 is 0 Å². The van der Waals surface area contributed by atoms with Crippen LogP contribution in [0.5, 0.6) is 11.5 Å². The Morgan fingerprint density at radius 1 is 1.33 bits per heavy atom. The van der Waals surface area contributed by atoms with Crippen LogP contribution in [-0.4, -0.2) is 35.1 Å². The molecule has 0 saturated heterocycles. The Morgan fingerprint density at radius 2 is 2.17 bits per heavy atom. The number of hydrogen-bond acceptors (Lipinski definition) is 4. The lowest BCUT2D eigenvalue weighted by atomic mass is 10.2. The van der Waals surface area contributed by atoms with Crippen molar-refractivity contribution in [2.75, 3.05) is 18.5 Å². The molecular formula is C17H20N4O3. The van der Waals surface area contributed by atoms with Gasteiger partial charge in [0.15, 0.2) is 17.6 Å². The van der Waals surface area contributed by atoms with Crippen molar-refractivity contribution in [3.63, 3.8) is 0 Å². The van der Waals surface area contributed by atoms with E-state index in [-0.39, 0.29) is 12.1 Å². The molecule has 24 heavy (non-hydrogen) atoms. The normalized spacial score (nSPS) is 18.1. The van der Waals surface area contributed by atoms with Gasteiger partial charge >= 0.3 is 6.03 Å². The van der Waals surface area contributed by atoms with Crippen LogP contribution < -0.4 is 20.1 Å². The van der Waals surface area contributed by atoms with E-state index in [1.165, 1.54) is 0 Å². The number of amides is 2. The van der Waals surface area contributed by atoms with Crippen LogP contribution in [0, 0.1) is 0 Å². The van der Waals surface area contributed by atoms with Gasteiger partial charge in [-0.15, -0.1) is 0 Å². The SMILES string of the molecule is Cn1nc2c(c1NC(=O)NCC1COc3ccccc3O1)CCC2. The molecule has 126 valence electrons. The van der Waals surface area contributed by atoms with E-state index in [1.54, 1.807) is 4.68 Å². The Labute approximate surface area is 139 Å². The predicted molar refractivity (Wildman–Crippen MR) is 88.6 cm³/mol. The molecule has 1 aromatic carbocycles. The highest BCUT2D eigenvalue weighted by Gasteiger charge is 2.24. The van der Waals surface area contributed by atoms with Gasteiger partial charge in [-0.2, -0.15) is 5.10 Å². The van der Waals surface area contributed by atoms with Crippen molar-refractivity contribution in [3.8, 4) is 11.5 Å². The largest absolute Gasteiger partial charge is 0.486 e. The number of aromatic nitrogens is 2. The molecule has 1 atom stereocenters. The van der Waals surface area contributed by atoms with Gasteiger partial charge in [0.1, 0.15) is 12.4 Å². The highest BCUT2D eigenvalue weighted by molar-refractivity contribution is 5.89. The first kappa shape index (κ1) is 14.9. The van der Waals surface area contributed by atoms with Crippen LogP contribution in [0.3, 0.4) is 0 Å². The van der Waals surface area contributed by atoms with Crippen molar-refractivity contribution in [1.29, 1.82) is 0 Å². The maximum absolute atomic E-state index is 12.2. The van der Waals surface area contributed by atoms with Gasteiger partial charge in [0.2, 0.25) is 0 Å². The average molecular weight is 328 g/mol. The molecule has 1 aliphatic heterocycles. The van der Waals surface area contributed by atoms with Gasteiger partial charge in [-0.1, -0.05) is 12.1 Å². The molecule has 0 fully saturated rings. The molecule has 2 amide bonds. The molecule has 0 radical (unpaired) electrons. The summed E-state index contributed by atoms with van der Waals surface area (Å²) in [7, 11) is 1.85. The first-order chi connectivity index (χ1) is 11.7. The number of para-hydroxylation sites is 2. The second-order valence-corrected chi connectivity index (χ2v) is 6.08. The first-order valence-electron chi connectivity index (χ1n) is 8.19. The number of benzene rings is 1. The van der Waals surface area contributed by atoms with E-state index in [2.05, 4.69) is 15.7 Å². The molecular weight excluding hydrogens is 308 g/mol. The monoisotopic (exact) mass is 328 g/mol. The second kappa shape index (κ2) is 6.07. The number of aryl methyl sites for hydroxylation is 2. The van der Waals surface area contributed by atoms with E-state index in [0.717, 1.165) is 42.1 Å². The number of rotatable bonds is 3. The molecule has 0 bridgehead atoms. The maximum Gasteiger partial charge on any atom is 0.320 e. The van der Waals surface area contributed by atoms with E-state index in [4.69, 9.17) is 9.47 Å². The third kappa shape index (κ3) is 2.77.